The smallest absolute Gasteiger partial charge is 0.306 e. The molecule has 1 aliphatic carbocycles. The number of carboxylic acids is 1. The van der Waals surface area contributed by atoms with Crippen molar-refractivity contribution in [2.24, 2.45) is 5.92 Å². The number of carbonyl (C=O) groups excluding carboxylic acids is 1. The molecule has 1 aliphatic rings. The van der Waals surface area contributed by atoms with Gasteiger partial charge in [-0.15, -0.1) is 0 Å². The molecule has 1 aromatic rings. The largest absolute Gasteiger partial charge is 0.494 e. The SMILES string of the molecule is COc1ccc(C(=O)NC2CCC(C(=O)O)CC2)cc1F. The molecule has 0 unspecified atom stereocenters. The van der Waals surface area contributed by atoms with Crippen LogP contribution in [0.5, 0.6) is 5.75 Å². The molecular formula is C15H18FNO4. The zero-order chi connectivity index (χ0) is 15.4. The lowest BCUT2D eigenvalue weighted by Crippen LogP contribution is -2.38. The van der Waals surface area contributed by atoms with Gasteiger partial charge in [0.25, 0.3) is 5.91 Å². The van der Waals surface area contributed by atoms with Crippen molar-refractivity contribution in [2.75, 3.05) is 7.11 Å². The minimum absolute atomic E-state index is 0.0572. The van der Waals surface area contributed by atoms with E-state index in [1.807, 2.05) is 0 Å². The van der Waals surface area contributed by atoms with E-state index in [4.69, 9.17) is 9.84 Å². The van der Waals surface area contributed by atoms with Crippen molar-refractivity contribution in [3.8, 4) is 5.75 Å². The summed E-state index contributed by atoms with van der Waals surface area (Å²) in [5.74, 6) is -1.95. The molecule has 0 aliphatic heterocycles. The first kappa shape index (κ1) is 15.3. The minimum Gasteiger partial charge on any atom is -0.494 e. The van der Waals surface area contributed by atoms with E-state index in [-0.39, 0.29) is 29.2 Å². The molecule has 6 heteroatoms. The quantitative estimate of drug-likeness (QED) is 0.893. The van der Waals surface area contributed by atoms with Crippen LogP contribution in [-0.2, 0) is 4.79 Å². The van der Waals surface area contributed by atoms with Crippen LogP contribution in [0.2, 0.25) is 0 Å². The van der Waals surface area contributed by atoms with Crippen LogP contribution in [0.3, 0.4) is 0 Å². The standard InChI is InChI=1S/C15H18FNO4/c1-21-13-7-4-10(8-12(13)16)14(18)17-11-5-2-9(3-6-11)15(19)20/h4,7-9,11H,2-3,5-6H2,1H3,(H,17,18)(H,19,20). The maximum atomic E-state index is 13.6. The molecule has 1 saturated carbocycles. The van der Waals surface area contributed by atoms with E-state index >= 15 is 0 Å². The van der Waals surface area contributed by atoms with Crippen LogP contribution in [0.15, 0.2) is 18.2 Å². The number of halogens is 1. The van der Waals surface area contributed by atoms with E-state index in [2.05, 4.69) is 5.32 Å². The first-order valence-electron chi connectivity index (χ1n) is 6.88. The highest BCUT2D eigenvalue weighted by Gasteiger charge is 2.27. The lowest BCUT2D eigenvalue weighted by molar-refractivity contribution is -0.142. The van der Waals surface area contributed by atoms with Gasteiger partial charge in [0.05, 0.1) is 13.0 Å². The summed E-state index contributed by atoms with van der Waals surface area (Å²) in [6.07, 6.45) is 2.36. The van der Waals surface area contributed by atoms with Gasteiger partial charge in [-0.2, -0.15) is 0 Å². The summed E-state index contributed by atoms with van der Waals surface area (Å²) in [4.78, 5) is 22.9. The highest BCUT2D eigenvalue weighted by Crippen LogP contribution is 2.25. The summed E-state index contributed by atoms with van der Waals surface area (Å²) < 4.78 is 18.4. The summed E-state index contributed by atoms with van der Waals surface area (Å²) in [5.41, 5.74) is 0.230. The van der Waals surface area contributed by atoms with Gasteiger partial charge in [-0.3, -0.25) is 9.59 Å². The molecule has 0 atom stereocenters. The number of amides is 1. The molecule has 0 radical (unpaired) electrons. The van der Waals surface area contributed by atoms with Gasteiger partial charge in [0.15, 0.2) is 11.6 Å². The fourth-order valence-corrected chi connectivity index (χ4v) is 2.56. The Balaban J connectivity index is 1.93. The molecule has 5 nitrogen and oxygen atoms in total. The molecule has 21 heavy (non-hydrogen) atoms. The highest BCUT2D eigenvalue weighted by atomic mass is 19.1. The third kappa shape index (κ3) is 3.71. The number of hydrogen-bond acceptors (Lipinski definition) is 3. The predicted molar refractivity (Wildman–Crippen MR) is 73.8 cm³/mol. The van der Waals surface area contributed by atoms with Gasteiger partial charge in [-0.25, -0.2) is 4.39 Å². The van der Waals surface area contributed by atoms with Crippen LogP contribution in [-0.4, -0.2) is 30.1 Å². The molecule has 1 amide bonds. The highest BCUT2D eigenvalue weighted by molar-refractivity contribution is 5.94. The molecular weight excluding hydrogens is 277 g/mol. The van der Waals surface area contributed by atoms with Crippen LogP contribution in [0.4, 0.5) is 4.39 Å². The average Bonchev–Trinajstić information content (AvgIpc) is 2.47. The van der Waals surface area contributed by atoms with Crippen molar-refractivity contribution in [1.29, 1.82) is 0 Å². The van der Waals surface area contributed by atoms with E-state index in [1.165, 1.54) is 19.2 Å². The number of methoxy groups -OCH3 is 1. The van der Waals surface area contributed by atoms with Gasteiger partial charge in [-0.05, 0) is 43.9 Å². The van der Waals surface area contributed by atoms with Gasteiger partial charge in [-0.1, -0.05) is 0 Å². The van der Waals surface area contributed by atoms with Crippen LogP contribution in [0, 0.1) is 11.7 Å². The second-order valence-electron chi connectivity index (χ2n) is 5.21. The third-order valence-corrected chi connectivity index (χ3v) is 3.83. The maximum Gasteiger partial charge on any atom is 0.306 e. The Morgan fingerprint density at radius 2 is 1.95 bits per heavy atom. The summed E-state index contributed by atoms with van der Waals surface area (Å²) in [5, 5.41) is 11.7. The Kier molecular flexibility index (Phi) is 4.77. The Labute approximate surface area is 122 Å². The van der Waals surface area contributed by atoms with Crippen molar-refractivity contribution in [1.82, 2.24) is 5.32 Å². The number of carboxylic acid groups (broad SMARTS) is 1. The molecule has 1 fully saturated rings. The number of nitrogens with one attached hydrogen (secondary N) is 1. The first-order chi connectivity index (χ1) is 10.0. The third-order valence-electron chi connectivity index (χ3n) is 3.83. The van der Waals surface area contributed by atoms with Gasteiger partial charge < -0.3 is 15.2 Å². The normalized spacial score (nSPS) is 21.6. The fraction of sp³-hybridized carbons (Fsp3) is 0.467. The predicted octanol–water partition coefficient (Wildman–Crippen LogP) is 2.21. The van der Waals surface area contributed by atoms with Gasteiger partial charge in [0.1, 0.15) is 0 Å². The Hall–Kier alpha value is -2.11. The number of benzene rings is 1. The summed E-state index contributed by atoms with van der Waals surface area (Å²) >= 11 is 0. The molecule has 114 valence electrons. The van der Waals surface area contributed by atoms with Crippen LogP contribution in [0.25, 0.3) is 0 Å². The van der Waals surface area contributed by atoms with Crippen molar-refractivity contribution >= 4 is 11.9 Å². The van der Waals surface area contributed by atoms with Crippen LogP contribution in [0.1, 0.15) is 36.0 Å². The molecule has 2 N–H and O–H groups in total. The molecule has 0 bridgehead atoms. The van der Waals surface area contributed by atoms with E-state index < -0.39 is 11.8 Å². The molecule has 0 aromatic heterocycles. The first-order valence-corrected chi connectivity index (χ1v) is 6.88. The van der Waals surface area contributed by atoms with E-state index in [1.54, 1.807) is 0 Å². The number of hydrogen-bond donors (Lipinski definition) is 2. The minimum atomic E-state index is -0.781. The Morgan fingerprint density at radius 1 is 1.29 bits per heavy atom. The summed E-state index contributed by atoms with van der Waals surface area (Å²) in [7, 11) is 1.36. The van der Waals surface area contributed by atoms with Gasteiger partial charge in [0.2, 0.25) is 0 Å². The second kappa shape index (κ2) is 6.56. The fourth-order valence-electron chi connectivity index (χ4n) is 2.56. The monoisotopic (exact) mass is 295 g/mol. The lowest BCUT2D eigenvalue weighted by atomic mass is 9.86. The number of carbonyl (C=O) groups is 2. The van der Waals surface area contributed by atoms with Crippen LogP contribution < -0.4 is 10.1 Å². The van der Waals surface area contributed by atoms with Crippen molar-refractivity contribution in [3.63, 3.8) is 0 Å². The molecule has 0 spiro atoms. The number of rotatable bonds is 4. The Bertz CT molecular complexity index is 538. The maximum absolute atomic E-state index is 13.6. The topological polar surface area (TPSA) is 75.6 Å². The van der Waals surface area contributed by atoms with Gasteiger partial charge >= 0.3 is 5.97 Å². The lowest BCUT2D eigenvalue weighted by Gasteiger charge is -2.26. The van der Waals surface area contributed by atoms with E-state index in [0.717, 1.165) is 6.07 Å². The zero-order valence-corrected chi connectivity index (χ0v) is 11.8. The number of aliphatic carboxylic acids is 1. The van der Waals surface area contributed by atoms with Crippen molar-refractivity contribution < 1.29 is 23.8 Å². The van der Waals surface area contributed by atoms with Crippen molar-refractivity contribution in [2.45, 2.75) is 31.7 Å². The molecule has 0 saturated heterocycles. The van der Waals surface area contributed by atoms with Crippen LogP contribution >= 0.6 is 0 Å². The van der Waals surface area contributed by atoms with Crippen molar-refractivity contribution in [3.05, 3.63) is 29.6 Å². The molecule has 2 rings (SSSR count). The molecule has 1 aromatic carbocycles. The summed E-state index contributed by atoms with van der Waals surface area (Å²) in [6.45, 7) is 0. The van der Waals surface area contributed by atoms with Gasteiger partial charge in [0, 0.05) is 11.6 Å². The molecule has 0 heterocycles. The number of ether oxygens (including phenoxy) is 1. The average molecular weight is 295 g/mol. The van der Waals surface area contributed by atoms with E-state index in [9.17, 15) is 14.0 Å². The zero-order valence-electron chi connectivity index (χ0n) is 11.8. The van der Waals surface area contributed by atoms with E-state index in [0.29, 0.717) is 25.7 Å². The summed E-state index contributed by atoms with van der Waals surface area (Å²) in [6, 6.07) is 3.99. The Morgan fingerprint density at radius 3 is 2.48 bits per heavy atom. The second-order valence-corrected chi connectivity index (χ2v) is 5.21.